The number of benzene rings is 1. The lowest BCUT2D eigenvalue weighted by molar-refractivity contribution is 0.298. The summed E-state index contributed by atoms with van der Waals surface area (Å²) in [6.45, 7) is 0.973. The highest BCUT2D eigenvalue weighted by atomic mass is 16.5. The van der Waals surface area contributed by atoms with Crippen LogP contribution in [0, 0.1) is 0 Å². The summed E-state index contributed by atoms with van der Waals surface area (Å²) in [5, 5.41) is 16.7. The molecule has 0 unspecified atom stereocenters. The third kappa shape index (κ3) is 3.95. The molecule has 0 bridgehead atoms. The summed E-state index contributed by atoms with van der Waals surface area (Å²) in [4.78, 5) is 8.98. The number of methoxy groups -OCH3 is 1. The maximum absolute atomic E-state index is 9.09. The predicted octanol–water partition coefficient (Wildman–Crippen LogP) is 2.04. The fraction of sp³-hybridized carbons (Fsp3) is 0.350. The topological polar surface area (TPSA) is 98.7 Å². The molecule has 2 N–H and O–H groups in total. The first-order valence-electron chi connectivity index (χ1n) is 9.51. The Bertz CT molecular complexity index is 1100. The monoisotopic (exact) mass is 396 g/mol. The van der Waals surface area contributed by atoms with E-state index in [0.29, 0.717) is 36.0 Å². The number of anilines is 1. The maximum atomic E-state index is 9.09. The number of nitrogens with one attached hydrogen (secondary N) is 1. The van der Waals surface area contributed by atoms with Gasteiger partial charge in [-0.15, -0.1) is 5.10 Å². The van der Waals surface area contributed by atoms with Crippen LogP contribution in [0.2, 0.25) is 0 Å². The fourth-order valence-corrected chi connectivity index (χ4v) is 3.21. The molecule has 0 saturated carbocycles. The van der Waals surface area contributed by atoms with E-state index in [1.165, 1.54) is 5.56 Å². The van der Waals surface area contributed by atoms with Crippen LogP contribution in [0.3, 0.4) is 0 Å². The van der Waals surface area contributed by atoms with Gasteiger partial charge in [-0.05, 0) is 30.5 Å². The van der Waals surface area contributed by atoms with Crippen LogP contribution < -0.4 is 14.8 Å². The van der Waals surface area contributed by atoms with Crippen molar-refractivity contribution in [2.45, 2.75) is 12.8 Å². The number of rotatable bonds is 9. The summed E-state index contributed by atoms with van der Waals surface area (Å²) in [6, 6.07) is 9.86. The molecule has 0 aliphatic carbocycles. The van der Waals surface area contributed by atoms with Crippen molar-refractivity contribution in [3.05, 3.63) is 42.2 Å². The second kappa shape index (κ2) is 8.36. The first kappa shape index (κ1) is 19.0. The number of nitrogens with zero attached hydrogens (tertiary/aromatic N) is 5. The second-order valence-electron chi connectivity index (χ2n) is 6.69. The van der Waals surface area contributed by atoms with Crippen molar-refractivity contribution in [2.75, 3.05) is 32.2 Å². The molecular weight excluding hydrogens is 372 g/mol. The van der Waals surface area contributed by atoms with Gasteiger partial charge in [0, 0.05) is 19.7 Å². The summed E-state index contributed by atoms with van der Waals surface area (Å²) < 4.78 is 14.6. The zero-order valence-electron chi connectivity index (χ0n) is 16.5. The molecule has 0 radical (unpaired) electrons. The van der Waals surface area contributed by atoms with E-state index >= 15 is 0 Å². The third-order valence-electron chi connectivity index (χ3n) is 4.65. The lowest BCUT2D eigenvalue weighted by atomic mass is 10.1. The number of aromatic nitrogens is 5. The summed E-state index contributed by atoms with van der Waals surface area (Å²) in [6.07, 6.45) is 3.50. The average Bonchev–Trinajstić information content (AvgIpc) is 3.33. The van der Waals surface area contributed by atoms with Crippen LogP contribution in [0.25, 0.3) is 16.8 Å². The molecule has 0 aliphatic rings. The zero-order chi connectivity index (χ0) is 20.2. The van der Waals surface area contributed by atoms with Gasteiger partial charge in [0.2, 0.25) is 5.88 Å². The number of aliphatic hydroxyl groups excluding tert-OH is 1. The lowest BCUT2D eigenvalue weighted by Gasteiger charge is -2.06. The molecule has 0 saturated heterocycles. The van der Waals surface area contributed by atoms with E-state index < -0.39 is 0 Å². The third-order valence-corrected chi connectivity index (χ3v) is 4.65. The van der Waals surface area contributed by atoms with Gasteiger partial charge in [-0.2, -0.15) is 4.52 Å². The number of hydrogen-bond acceptors (Lipinski definition) is 7. The van der Waals surface area contributed by atoms with E-state index in [9.17, 15) is 0 Å². The molecule has 4 aromatic rings. The van der Waals surface area contributed by atoms with Gasteiger partial charge in [0.15, 0.2) is 22.6 Å². The van der Waals surface area contributed by atoms with Crippen LogP contribution in [0.4, 0.5) is 5.82 Å². The largest absolute Gasteiger partial charge is 0.497 e. The zero-order valence-corrected chi connectivity index (χ0v) is 16.5. The summed E-state index contributed by atoms with van der Waals surface area (Å²) in [5.41, 5.74) is 3.40. The van der Waals surface area contributed by atoms with E-state index in [1.807, 2.05) is 29.8 Å². The first-order chi connectivity index (χ1) is 14.2. The van der Waals surface area contributed by atoms with Crippen LogP contribution in [-0.4, -0.2) is 56.1 Å². The van der Waals surface area contributed by atoms with Gasteiger partial charge in [0.05, 0.1) is 26.7 Å². The SMILES string of the molecule is COc1ccc(CCCOc2cc3nc(NCCO)c4ncn(C)c4n3n2)cc1. The first-order valence-corrected chi connectivity index (χ1v) is 9.51. The second-order valence-corrected chi connectivity index (χ2v) is 6.69. The molecule has 0 spiro atoms. The Morgan fingerprint density at radius 1 is 1.21 bits per heavy atom. The highest BCUT2D eigenvalue weighted by Crippen LogP contribution is 2.23. The molecule has 29 heavy (non-hydrogen) atoms. The molecule has 0 aliphatic heterocycles. The molecule has 3 heterocycles. The molecular formula is C20H24N6O3. The minimum absolute atomic E-state index is 0.0169. The quantitative estimate of drug-likeness (QED) is 0.418. The van der Waals surface area contributed by atoms with Gasteiger partial charge in [-0.1, -0.05) is 12.1 Å². The van der Waals surface area contributed by atoms with Crippen molar-refractivity contribution in [3.8, 4) is 11.6 Å². The summed E-state index contributed by atoms with van der Waals surface area (Å²) >= 11 is 0. The van der Waals surface area contributed by atoms with Crippen LogP contribution in [-0.2, 0) is 13.5 Å². The van der Waals surface area contributed by atoms with Gasteiger partial charge >= 0.3 is 0 Å². The minimum Gasteiger partial charge on any atom is -0.497 e. The molecule has 9 nitrogen and oxygen atoms in total. The Hall–Kier alpha value is -3.33. The highest BCUT2D eigenvalue weighted by molar-refractivity contribution is 5.85. The molecule has 152 valence electrons. The Labute approximate surface area is 167 Å². The highest BCUT2D eigenvalue weighted by Gasteiger charge is 2.15. The van der Waals surface area contributed by atoms with Gasteiger partial charge in [-0.3, -0.25) is 0 Å². The molecule has 1 aromatic carbocycles. The van der Waals surface area contributed by atoms with Crippen molar-refractivity contribution in [3.63, 3.8) is 0 Å². The van der Waals surface area contributed by atoms with Gasteiger partial charge in [0.25, 0.3) is 0 Å². The number of ether oxygens (including phenoxy) is 2. The Morgan fingerprint density at radius 3 is 2.79 bits per heavy atom. The van der Waals surface area contributed by atoms with E-state index in [2.05, 4.69) is 32.5 Å². The summed E-state index contributed by atoms with van der Waals surface area (Å²) in [5.74, 6) is 2.00. The summed E-state index contributed by atoms with van der Waals surface area (Å²) in [7, 11) is 3.57. The maximum Gasteiger partial charge on any atom is 0.235 e. The Kier molecular flexibility index (Phi) is 5.48. The van der Waals surface area contributed by atoms with Crippen molar-refractivity contribution >= 4 is 22.6 Å². The molecule has 9 heteroatoms. The minimum atomic E-state index is 0.0169. The van der Waals surface area contributed by atoms with E-state index in [0.717, 1.165) is 24.2 Å². The number of fused-ring (bicyclic) bond motifs is 3. The predicted molar refractivity (Wildman–Crippen MR) is 110 cm³/mol. The van der Waals surface area contributed by atoms with E-state index in [1.54, 1.807) is 18.0 Å². The molecule has 4 rings (SSSR count). The average molecular weight is 396 g/mol. The van der Waals surface area contributed by atoms with Gasteiger partial charge < -0.3 is 24.5 Å². The Morgan fingerprint density at radius 2 is 2.03 bits per heavy atom. The molecule has 0 amide bonds. The number of aliphatic hydroxyl groups is 1. The van der Waals surface area contributed by atoms with E-state index in [-0.39, 0.29) is 6.61 Å². The normalized spacial score (nSPS) is 11.3. The smallest absolute Gasteiger partial charge is 0.235 e. The molecule has 0 atom stereocenters. The van der Waals surface area contributed by atoms with Crippen molar-refractivity contribution in [2.24, 2.45) is 7.05 Å². The number of imidazole rings is 1. The van der Waals surface area contributed by atoms with Crippen LogP contribution >= 0.6 is 0 Å². The van der Waals surface area contributed by atoms with Crippen molar-refractivity contribution in [1.29, 1.82) is 0 Å². The molecule has 0 fully saturated rings. The van der Waals surface area contributed by atoms with Crippen LogP contribution in [0.15, 0.2) is 36.7 Å². The van der Waals surface area contributed by atoms with Gasteiger partial charge in [-0.25, -0.2) is 9.97 Å². The lowest BCUT2D eigenvalue weighted by Crippen LogP contribution is -2.09. The van der Waals surface area contributed by atoms with Crippen LogP contribution in [0.5, 0.6) is 11.6 Å². The fourth-order valence-electron chi connectivity index (χ4n) is 3.21. The standard InChI is InChI=1S/C20H24N6O3/c1-25-13-22-18-19(21-9-10-27)23-16-12-17(24-26(16)20(18)25)29-11-3-4-14-5-7-15(28-2)8-6-14/h5-8,12-13,27H,3-4,9-11H2,1-2H3,(H,21,23). The number of aryl methyl sites for hydroxylation is 2. The van der Waals surface area contributed by atoms with E-state index in [4.69, 9.17) is 14.6 Å². The molecule has 3 aromatic heterocycles. The van der Waals surface area contributed by atoms with Crippen LogP contribution in [0.1, 0.15) is 12.0 Å². The Balaban J connectivity index is 1.46. The van der Waals surface area contributed by atoms with Crippen molar-refractivity contribution < 1.29 is 14.6 Å². The number of hydrogen-bond donors (Lipinski definition) is 2. The van der Waals surface area contributed by atoms with Gasteiger partial charge in [0.1, 0.15) is 5.75 Å². The van der Waals surface area contributed by atoms with Crippen molar-refractivity contribution in [1.82, 2.24) is 24.1 Å².